The fourth-order valence-electron chi connectivity index (χ4n) is 7.54. The minimum atomic E-state index is -0.717. The van der Waals surface area contributed by atoms with Crippen molar-refractivity contribution in [1.82, 2.24) is 0 Å². The third kappa shape index (κ3) is 6.68. The zero-order valence-corrected chi connectivity index (χ0v) is 32.5. The molecule has 10 heteroatoms. The van der Waals surface area contributed by atoms with Gasteiger partial charge in [0.2, 0.25) is 11.6 Å². The summed E-state index contributed by atoms with van der Waals surface area (Å²) in [6, 6.07) is 16.8. The lowest BCUT2D eigenvalue weighted by Gasteiger charge is -2.29. The number of allylic oxidation sites excluding steroid dienone is 4. The molecule has 6 N–H and O–H groups in total. The van der Waals surface area contributed by atoms with Gasteiger partial charge in [-0.05, 0) is 110 Å². The summed E-state index contributed by atoms with van der Waals surface area (Å²) in [6.45, 7) is 13.7. The van der Waals surface area contributed by atoms with Gasteiger partial charge in [-0.2, -0.15) is 0 Å². The molecular formula is C46H44N2O8. The third-order valence-electron chi connectivity index (χ3n) is 10.3. The van der Waals surface area contributed by atoms with E-state index in [1.54, 1.807) is 74.5 Å². The highest BCUT2D eigenvalue weighted by Gasteiger charge is 2.38. The van der Waals surface area contributed by atoms with Crippen molar-refractivity contribution in [2.45, 2.75) is 55.4 Å². The van der Waals surface area contributed by atoms with Gasteiger partial charge >= 0.3 is 0 Å². The Balaban J connectivity index is 1.58. The van der Waals surface area contributed by atoms with E-state index in [0.717, 1.165) is 0 Å². The highest BCUT2D eigenvalue weighted by Crippen LogP contribution is 2.53. The minimum absolute atomic E-state index is 0.0305. The van der Waals surface area contributed by atoms with E-state index in [-0.39, 0.29) is 68.3 Å². The maximum atomic E-state index is 13.9. The third-order valence-corrected chi connectivity index (χ3v) is 10.3. The van der Waals surface area contributed by atoms with Gasteiger partial charge < -0.3 is 31.1 Å². The molecule has 0 atom stereocenters. The number of anilines is 2. The van der Waals surface area contributed by atoms with Crippen LogP contribution in [0, 0.1) is 25.7 Å². The minimum Gasteiger partial charge on any atom is -0.507 e. The van der Waals surface area contributed by atoms with E-state index >= 15 is 0 Å². The van der Waals surface area contributed by atoms with Crippen molar-refractivity contribution in [2.75, 3.05) is 10.6 Å². The number of carbonyl (C=O) groups excluding carboxylic acids is 4. The van der Waals surface area contributed by atoms with Crippen LogP contribution in [0.3, 0.4) is 0 Å². The summed E-state index contributed by atoms with van der Waals surface area (Å²) in [6.07, 6.45) is 2.79. The number of aliphatic hydroxyl groups excluding tert-OH is 2. The quantitative estimate of drug-likeness (QED) is 0.0714. The van der Waals surface area contributed by atoms with Crippen molar-refractivity contribution in [2.24, 2.45) is 11.8 Å². The van der Waals surface area contributed by atoms with Crippen molar-refractivity contribution >= 4 is 56.8 Å². The molecule has 2 aliphatic carbocycles. The van der Waals surface area contributed by atoms with Gasteiger partial charge in [-0.1, -0.05) is 39.8 Å². The lowest BCUT2D eigenvalue weighted by Crippen LogP contribution is -2.20. The molecule has 0 heterocycles. The lowest BCUT2D eigenvalue weighted by molar-refractivity contribution is -0.113. The Labute approximate surface area is 325 Å². The molecule has 286 valence electrons. The summed E-state index contributed by atoms with van der Waals surface area (Å²) in [5.74, 6) is -3.81. The van der Waals surface area contributed by atoms with Crippen LogP contribution in [-0.2, 0) is 9.59 Å². The topological polar surface area (TPSA) is 173 Å². The fraction of sp³-hybridized carbons (Fsp3) is 0.217. The lowest BCUT2D eigenvalue weighted by atomic mass is 9.75. The van der Waals surface area contributed by atoms with Crippen molar-refractivity contribution in [3.63, 3.8) is 0 Å². The molecule has 56 heavy (non-hydrogen) atoms. The first-order valence-corrected chi connectivity index (χ1v) is 18.3. The van der Waals surface area contributed by atoms with E-state index in [1.165, 1.54) is 26.2 Å². The standard InChI is InChI=1S/C46H44N2O8/c1-21(2)35-31-17-23(5)37(43(53)39(31)33(41(51)45(35)55)19-47-29-13-9-27(10-14-29)25(7)49)38-24(6)18-32-36(22(3)4)46(56)42(52)34(40(32)44(38)54)20-48-30-15-11-28(12-16-30)26(8)50/h9-22,47-48,53-56H,1-8H3/b33-19-,34-20-. The van der Waals surface area contributed by atoms with Gasteiger partial charge in [0.1, 0.15) is 11.5 Å². The second-order valence-electron chi connectivity index (χ2n) is 14.8. The van der Waals surface area contributed by atoms with Gasteiger partial charge in [0, 0.05) is 68.3 Å². The number of Topliss-reactive ketones (excluding diaryl/α,β-unsaturated/α-hetero) is 4. The molecule has 4 aromatic rings. The van der Waals surface area contributed by atoms with Gasteiger partial charge in [-0.25, -0.2) is 0 Å². The number of rotatable bonds is 9. The molecular weight excluding hydrogens is 709 g/mol. The van der Waals surface area contributed by atoms with Crippen LogP contribution in [0.15, 0.2) is 84.6 Å². The van der Waals surface area contributed by atoms with Crippen LogP contribution in [0.25, 0.3) is 33.4 Å². The van der Waals surface area contributed by atoms with Crippen molar-refractivity contribution in [1.29, 1.82) is 0 Å². The number of aromatic hydroxyl groups is 2. The van der Waals surface area contributed by atoms with E-state index in [1.807, 2.05) is 27.7 Å². The molecule has 0 radical (unpaired) electrons. The molecule has 0 fully saturated rings. The highest BCUT2D eigenvalue weighted by molar-refractivity contribution is 6.35. The molecule has 0 saturated heterocycles. The van der Waals surface area contributed by atoms with E-state index in [2.05, 4.69) is 10.6 Å². The molecule has 0 aliphatic heterocycles. The summed E-state index contributed by atoms with van der Waals surface area (Å²) in [4.78, 5) is 51.5. The van der Waals surface area contributed by atoms with Gasteiger partial charge in [0.15, 0.2) is 23.1 Å². The Morgan fingerprint density at radius 3 is 1.16 bits per heavy atom. The zero-order chi connectivity index (χ0) is 40.9. The van der Waals surface area contributed by atoms with E-state index < -0.39 is 23.1 Å². The second kappa shape index (κ2) is 14.9. The number of aliphatic hydroxyl groups is 2. The number of nitrogens with one attached hydrogen (secondary N) is 2. The first-order valence-electron chi connectivity index (χ1n) is 18.3. The van der Waals surface area contributed by atoms with Crippen molar-refractivity contribution in [3.8, 4) is 22.6 Å². The smallest absolute Gasteiger partial charge is 0.229 e. The number of aryl methyl sites for hydroxylation is 2. The van der Waals surface area contributed by atoms with Crippen LogP contribution in [-0.4, -0.2) is 43.6 Å². The van der Waals surface area contributed by atoms with Crippen LogP contribution in [0.1, 0.15) is 95.6 Å². The van der Waals surface area contributed by atoms with Crippen LogP contribution >= 0.6 is 0 Å². The highest BCUT2D eigenvalue weighted by atomic mass is 16.3. The first-order chi connectivity index (χ1) is 26.4. The summed E-state index contributed by atoms with van der Waals surface area (Å²) < 4.78 is 0. The largest absolute Gasteiger partial charge is 0.507 e. The normalized spacial score (nSPS) is 15.5. The van der Waals surface area contributed by atoms with Gasteiger partial charge in [-0.15, -0.1) is 0 Å². The van der Waals surface area contributed by atoms with Crippen molar-refractivity contribution in [3.05, 3.63) is 129 Å². The Kier molecular flexibility index (Phi) is 10.4. The molecule has 0 aromatic heterocycles. The number of phenolic OH excluding ortho intramolecular Hbond substituents is 2. The second-order valence-corrected chi connectivity index (χ2v) is 14.8. The number of phenols is 2. The molecule has 10 nitrogen and oxygen atoms in total. The Hall–Kier alpha value is -6.68. The number of hydrogen-bond acceptors (Lipinski definition) is 10. The van der Waals surface area contributed by atoms with Crippen molar-refractivity contribution < 1.29 is 39.6 Å². The van der Waals surface area contributed by atoms with Crippen LogP contribution < -0.4 is 10.6 Å². The molecule has 6 rings (SSSR count). The number of ketones is 4. The molecule has 0 spiro atoms. The average molecular weight is 753 g/mol. The fourth-order valence-corrected chi connectivity index (χ4v) is 7.54. The van der Waals surface area contributed by atoms with Crippen LogP contribution in [0.4, 0.5) is 11.4 Å². The molecule has 0 unspecified atom stereocenters. The van der Waals surface area contributed by atoms with Crippen LogP contribution in [0.5, 0.6) is 11.5 Å². The average Bonchev–Trinajstić information content (AvgIpc) is 3.13. The summed E-state index contributed by atoms with van der Waals surface area (Å²) >= 11 is 0. The number of hydrogen-bond donors (Lipinski definition) is 6. The van der Waals surface area contributed by atoms with Gasteiger partial charge in [-0.3, -0.25) is 19.2 Å². The van der Waals surface area contributed by atoms with Gasteiger partial charge in [0.05, 0.1) is 11.1 Å². The molecule has 0 bridgehead atoms. The number of fused-ring (bicyclic) bond motifs is 2. The monoisotopic (exact) mass is 752 g/mol. The summed E-state index contributed by atoms with van der Waals surface area (Å²) in [5.41, 5.74) is 5.38. The van der Waals surface area contributed by atoms with Crippen LogP contribution in [0.2, 0.25) is 0 Å². The summed E-state index contributed by atoms with van der Waals surface area (Å²) in [7, 11) is 0. The van der Waals surface area contributed by atoms with E-state index in [9.17, 15) is 39.6 Å². The first kappa shape index (κ1) is 39.0. The van der Waals surface area contributed by atoms with E-state index in [0.29, 0.717) is 55.9 Å². The predicted molar refractivity (Wildman–Crippen MR) is 220 cm³/mol. The van der Waals surface area contributed by atoms with E-state index in [4.69, 9.17) is 0 Å². The molecule has 2 aliphatic rings. The molecule has 4 aromatic carbocycles. The Morgan fingerprint density at radius 2 is 0.875 bits per heavy atom. The molecule has 0 saturated carbocycles. The zero-order valence-electron chi connectivity index (χ0n) is 32.5. The van der Waals surface area contributed by atoms with Gasteiger partial charge in [0.25, 0.3) is 0 Å². The summed E-state index contributed by atoms with van der Waals surface area (Å²) in [5, 5.41) is 53.3. The molecule has 0 amide bonds. The number of benzene rings is 4. The number of carbonyl (C=O) groups is 4. The maximum absolute atomic E-state index is 13.9. The predicted octanol–water partition coefficient (Wildman–Crippen LogP) is 9.71. The SMILES string of the molecule is CC(=O)c1ccc(N/C=C2\C(=O)C(O)=C(C(C)C)c3cc(C)c(-c4c(C)cc5c(c4O)/C(=C/Nc4ccc(C(C)=O)cc4)C(=O)C(O)=C5C(C)C)c(O)c32)cc1. The maximum Gasteiger partial charge on any atom is 0.229 e. The Morgan fingerprint density at radius 1 is 0.554 bits per heavy atom. The Bertz CT molecular complexity index is 2320.